The van der Waals surface area contributed by atoms with Gasteiger partial charge in [-0.05, 0) is 25.9 Å². The second-order valence-corrected chi connectivity index (χ2v) is 4.99. The standard InChI is InChI=1S/C13H23N5O/c1-2-6-18-13(15-11-16-18)9-12(19)10-17-7-3-4-14-5-8-17/h11,14H,2-10H2,1H3. The highest BCUT2D eigenvalue weighted by Crippen LogP contribution is 2.01. The van der Waals surface area contributed by atoms with Crippen molar-refractivity contribution in [1.82, 2.24) is 25.0 Å². The smallest absolute Gasteiger partial charge is 0.154 e. The molecule has 1 fully saturated rings. The monoisotopic (exact) mass is 265 g/mol. The van der Waals surface area contributed by atoms with E-state index >= 15 is 0 Å². The molecule has 6 heteroatoms. The summed E-state index contributed by atoms with van der Waals surface area (Å²) in [6.07, 6.45) is 4.04. The van der Waals surface area contributed by atoms with Crippen molar-refractivity contribution in [1.29, 1.82) is 0 Å². The molecule has 0 amide bonds. The summed E-state index contributed by atoms with van der Waals surface area (Å²) in [4.78, 5) is 18.5. The first-order chi connectivity index (χ1) is 9.29. The van der Waals surface area contributed by atoms with Gasteiger partial charge in [-0.1, -0.05) is 6.92 Å². The molecule has 1 saturated heterocycles. The first kappa shape index (κ1) is 14.1. The van der Waals surface area contributed by atoms with Crippen LogP contribution < -0.4 is 5.32 Å². The zero-order chi connectivity index (χ0) is 13.5. The van der Waals surface area contributed by atoms with Crippen LogP contribution in [0.2, 0.25) is 0 Å². The molecule has 1 N–H and O–H groups in total. The number of ketones is 1. The normalized spacial score (nSPS) is 17.3. The lowest BCUT2D eigenvalue weighted by molar-refractivity contribution is -0.119. The molecular formula is C13H23N5O. The molecule has 2 heterocycles. The van der Waals surface area contributed by atoms with Gasteiger partial charge in [0, 0.05) is 19.6 Å². The van der Waals surface area contributed by atoms with E-state index in [0.29, 0.717) is 13.0 Å². The Morgan fingerprint density at radius 3 is 3.16 bits per heavy atom. The van der Waals surface area contributed by atoms with Gasteiger partial charge in [-0.15, -0.1) is 0 Å². The van der Waals surface area contributed by atoms with Gasteiger partial charge < -0.3 is 5.32 Å². The Labute approximate surface area is 114 Å². The molecule has 0 aromatic carbocycles. The lowest BCUT2D eigenvalue weighted by Crippen LogP contribution is -2.34. The maximum Gasteiger partial charge on any atom is 0.154 e. The van der Waals surface area contributed by atoms with Gasteiger partial charge in [-0.25, -0.2) is 9.67 Å². The fourth-order valence-electron chi connectivity index (χ4n) is 2.36. The fourth-order valence-corrected chi connectivity index (χ4v) is 2.36. The van der Waals surface area contributed by atoms with Gasteiger partial charge >= 0.3 is 0 Å². The van der Waals surface area contributed by atoms with E-state index in [9.17, 15) is 4.79 Å². The third kappa shape index (κ3) is 4.40. The molecule has 2 rings (SSSR count). The minimum absolute atomic E-state index is 0.229. The van der Waals surface area contributed by atoms with Gasteiger partial charge in [0.2, 0.25) is 0 Å². The third-order valence-corrected chi connectivity index (χ3v) is 3.32. The van der Waals surface area contributed by atoms with Crippen LogP contribution in [0.15, 0.2) is 6.33 Å². The molecule has 0 saturated carbocycles. The predicted molar refractivity (Wildman–Crippen MR) is 73.0 cm³/mol. The van der Waals surface area contributed by atoms with E-state index < -0.39 is 0 Å². The number of carbonyl (C=O) groups is 1. The summed E-state index contributed by atoms with van der Waals surface area (Å²) in [5.41, 5.74) is 0. The lowest BCUT2D eigenvalue weighted by Gasteiger charge is -2.18. The maximum absolute atomic E-state index is 12.1. The molecule has 106 valence electrons. The first-order valence-electron chi connectivity index (χ1n) is 7.11. The summed E-state index contributed by atoms with van der Waals surface area (Å²) in [5.74, 6) is 1.02. The van der Waals surface area contributed by atoms with Crippen LogP contribution in [0, 0.1) is 0 Å². The van der Waals surface area contributed by atoms with Gasteiger partial charge in [-0.3, -0.25) is 9.69 Å². The van der Waals surface area contributed by atoms with E-state index in [2.05, 4.69) is 27.2 Å². The average molecular weight is 265 g/mol. The summed E-state index contributed by atoms with van der Waals surface area (Å²) in [6, 6.07) is 0. The van der Waals surface area contributed by atoms with Crippen LogP contribution in [0.3, 0.4) is 0 Å². The molecule has 0 atom stereocenters. The second-order valence-electron chi connectivity index (χ2n) is 4.99. The van der Waals surface area contributed by atoms with Gasteiger partial charge in [0.05, 0.1) is 13.0 Å². The van der Waals surface area contributed by atoms with Crippen LogP contribution in [-0.2, 0) is 17.8 Å². The predicted octanol–water partition coefficient (Wildman–Crippen LogP) is 0.0950. The zero-order valence-corrected chi connectivity index (χ0v) is 11.6. The van der Waals surface area contributed by atoms with Gasteiger partial charge in [-0.2, -0.15) is 5.10 Å². The topological polar surface area (TPSA) is 63.1 Å². The fraction of sp³-hybridized carbons (Fsp3) is 0.769. The largest absolute Gasteiger partial charge is 0.315 e. The number of nitrogens with zero attached hydrogens (tertiary/aromatic N) is 4. The van der Waals surface area contributed by atoms with Crippen LogP contribution >= 0.6 is 0 Å². The van der Waals surface area contributed by atoms with Gasteiger partial charge in [0.1, 0.15) is 12.2 Å². The molecule has 6 nitrogen and oxygen atoms in total. The molecule has 0 spiro atoms. The Kier molecular flexibility index (Phi) is 5.47. The van der Waals surface area contributed by atoms with E-state index in [0.717, 1.165) is 51.4 Å². The summed E-state index contributed by atoms with van der Waals surface area (Å²) < 4.78 is 1.84. The number of aromatic nitrogens is 3. The molecule has 0 aliphatic carbocycles. The molecule has 19 heavy (non-hydrogen) atoms. The molecule has 0 bridgehead atoms. The van der Waals surface area contributed by atoms with Crippen LogP contribution in [0.25, 0.3) is 0 Å². The second kappa shape index (κ2) is 7.35. The highest BCUT2D eigenvalue weighted by Gasteiger charge is 2.15. The van der Waals surface area contributed by atoms with Crippen molar-refractivity contribution >= 4 is 5.78 Å². The highest BCUT2D eigenvalue weighted by molar-refractivity contribution is 5.82. The summed E-state index contributed by atoms with van der Waals surface area (Å²) in [5, 5.41) is 7.49. The van der Waals surface area contributed by atoms with Gasteiger partial charge in [0.15, 0.2) is 5.78 Å². The number of hydrogen-bond donors (Lipinski definition) is 1. The van der Waals surface area contributed by atoms with Crippen LogP contribution in [0.4, 0.5) is 0 Å². The molecule has 1 aromatic rings. The number of nitrogens with one attached hydrogen (secondary N) is 1. The van der Waals surface area contributed by atoms with Crippen molar-refractivity contribution in [2.45, 2.75) is 32.7 Å². The van der Waals surface area contributed by atoms with Crippen molar-refractivity contribution in [2.75, 3.05) is 32.7 Å². The third-order valence-electron chi connectivity index (χ3n) is 3.32. The first-order valence-corrected chi connectivity index (χ1v) is 7.11. The van der Waals surface area contributed by atoms with Crippen molar-refractivity contribution in [3.05, 3.63) is 12.2 Å². The highest BCUT2D eigenvalue weighted by atomic mass is 16.1. The maximum atomic E-state index is 12.1. The number of rotatable bonds is 6. The number of aryl methyl sites for hydroxylation is 1. The van der Waals surface area contributed by atoms with Crippen LogP contribution in [-0.4, -0.2) is 58.2 Å². The SMILES string of the molecule is CCCn1ncnc1CC(=O)CN1CCCNCC1. The van der Waals surface area contributed by atoms with Crippen molar-refractivity contribution < 1.29 is 4.79 Å². The Hall–Kier alpha value is -1.27. The van der Waals surface area contributed by atoms with Crippen molar-refractivity contribution in [2.24, 2.45) is 0 Å². The number of carbonyl (C=O) groups excluding carboxylic acids is 1. The van der Waals surface area contributed by atoms with Crippen LogP contribution in [0.1, 0.15) is 25.6 Å². The lowest BCUT2D eigenvalue weighted by atomic mass is 10.2. The molecule has 0 unspecified atom stereocenters. The van der Waals surface area contributed by atoms with Crippen molar-refractivity contribution in [3.63, 3.8) is 0 Å². The zero-order valence-electron chi connectivity index (χ0n) is 11.6. The minimum Gasteiger partial charge on any atom is -0.315 e. The number of Topliss-reactive ketones (excluding diaryl/α,β-unsaturated/α-hetero) is 1. The molecular weight excluding hydrogens is 242 g/mol. The Morgan fingerprint density at radius 1 is 1.42 bits per heavy atom. The van der Waals surface area contributed by atoms with E-state index in [4.69, 9.17) is 0 Å². The Morgan fingerprint density at radius 2 is 2.32 bits per heavy atom. The molecule has 1 aromatic heterocycles. The van der Waals surface area contributed by atoms with Crippen molar-refractivity contribution in [3.8, 4) is 0 Å². The molecule has 1 aliphatic heterocycles. The Balaban J connectivity index is 1.84. The number of hydrogen-bond acceptors (Lipinski definition) is 5. The molecule has 1 aliphatic rings. The van der Waals surface area contributed by atoms with Crippen LogP contribution in [0.5, 0.6) is 0 Å². The summed E-state index contributed by atoms with van der Waals surface area (Å²) in [6.45, 7) is 7.43. The summed E-state index contributed by atoms with van der Waals surface area (Å²) in [7, 11) is 0. The molecule has 0 radical (unpaired) electrons. The van der Waals surface area contributed by atoms with E-state index in [1.54, 1.807) is 0 Å². The van der Waals surface area contributed by atoms with E-state index in [-0.39, 0.29) is 5.78 Å². The minimum atomic E-state index is 0.229. The van der Waals surface area contributed by atoms with E-state index in [1.807, 2.05) is 4.68 Å². The quantitative estimate of drug-likeness (QED) is 0.790. The Bertz CT molecular complexity index is 395. The average Bonchev–Trinajstić information content (AvgIpc) is 2.65. The van der Waals surface area contributed by atoms with Gasteiger partial charge in [0.25, 0.3) is 0 Å². The van der Waals surface area contributed by atoms with E-state index in [1.165, 1.54) is 6.33 Å². The summed E-state index contributed by atoms with van der Waals surface area (Å²) >= 11 is 0.